The zero-order valence-electron chi connectivity index (χ0n) is 41.5. The van der Waals surface area contributed by atoms with Crippen molar-refractivity contribution >= 4 is 56.1 Å². The second-order valence-electron chi connectivity index (χ2n) is 23.3. The van der Waals surface area contributed by atoms with Crippen molar-refractivity contribution in [2.24, 2.45) is 0 Å². The molecule has 0 N–H and O–H groups in total. The fourth-order valence-electron chi connectivity index (χ4n) is 11.2. The van der Waals surface area contributed by atoms with E-state index in [4.69, 9.17) is 4.42 Å². The molecule has 3 nitrogen and oxygen atoms in total. The summed E-state index contributed by atoms with van der Waals surface area (Å²) < 4.78 is 6.61. The lowest BCUT2D eigenvalue weighted by Gasteiger charge is -2.43. The van der Waals surface area contributed by atoms with Gasteiger partial charge in [-0.25, -0.2) is 0 Å². The predicted molar refractivity (Wildman–Crippen MR) is 283 cm³/mol. The number of furan rings is 1. The van der Waals surface area contributed by atoms with Gasteiger partial charge in [-0.05, 0) is 171 Å². The van der Waals surface area contributed by atoms with Gasteiger partial charge in [0, 0.05) is 50.8 Å². The monoisotopic (exact) mass is 869 g/mol. The van der Waals surface area contributed by atoms with Gasteiger partial charge in [0.1, 0.15) is 11.2 Å². The minimum Gasteiger partial charge on any atom is -0.456 e. The number of aryl methyl sites for hydroxylation is 1. The molecule has 0 bridgehead atoms. The lowest BCUT2D eigenvalue weighted by Crippen LogP contribution is -2.34. The molecule has 8 aromatic rings. The van der Waals surface area contributed by atoms with Gasteiger partial charge in [0.2, 0.25) is 0 Å². The smallest absolute Gasteiger partial charge is 0.137 e. The van der Waals surface area contributed by atoms with Crippen LogP contribution in [0.4, 0.5) is 34.1 Å². The molecule has 66 heavy (non-hydrogen) atoms. The van der Waals surface area contributed by atoms with E-state index in [1.807, 2.05) is 0 Å². The summed E-state index contributed by atoms with van der Waals surface area (Å²) in [6.45, 7) is 28.6. The van der Waals surface area contributed by atoms with Crippen molar-refractivity contribution in [2.75, 3.05) is 9.80 Å². The molecule has 7 aromatic carbocycles. The fraction of sp³-hybridized carbons (Fsp3) is 0.333. The largest absolute Gasteiger partial charge is 0.456 e. The fourth-order valence-corrected chi connectivity index (χ4v) is 11.2. The highest BCUT2D eigenvalue weighted by Gasteiger charge is 2.39. The summed E-state index contributed by atoms with van der Waals surface area (Å²) in [5.41, 5.74) is 19.6. The second kappa shape index (κ2) is 15.5. The van der Waals surface area contributed by atoms with E-state index in [0.717, 1.165) is 57.5 Å². The highest BCUT2D eigenvalue weighted by molar-refractivity contribution is 6.06. The highest BCUT2D eigenvalue weighted by atomic mass is 16.3. The molecule has 0 radical (unpaired) electrons. The molecule has 10 rings (SSSR count). The number of anilines is 6. The number of rotatable bonds is 7. The normalized spacial score (nSPS) is 17.0. The Balaban J connectivity index is 1.24. The highest BCUT2D eigenvalue weighted by Crippen LogP contribution is 2.52. The van der Waals surface area contributed by atoms with Crippen LogP contribution < -0.4 is 9.80 Å². The molecule has 0 aliphatic heterocycles. The molecule has 1 heterocycles. The molecule has 0 unspecified atom stereocenters. The van der Waals surface area contributed by atoms with E-state index in [2.05, 4.69) is 238 Å². The summed E-state index contributed by atoms with van der Waals surface area (Å²) in [7, 11) is 0. The Labute approximate surface area is 394 Å². The van der Waals surface area contributed by atoms with Crippen molar-refractivity contribution in [3.8, 4) is 11.1 Å². The van der Waals surface area contributed by atoms with E-state index in [1.165, 1.54) is 68.7 Å². The molecular weight excluding hydrogens is 801 g/mol. The maximum Gasteiger partial charge on any atom is 0.137 e. The molecule has 336 valence electrons. The Hall–Kier alpha value is -6.06. The van der Waals surface area contributed by atoms with Gasteiger partial charge < -0.3 is 14.2 Å². The molecule has 0 spiro atoms. The first-order valence-electron chi connectivity index (χ1n) is 24.3. The van der Waals surface area contributed by atoms with Crippen LogP contribution in [0, 0.1) is 6.92 Å². The van der Waals surface area contributed by atoms with Gasteiger partial charge in [-0.3, -0.25) is 0 Å². The first-order valence-corrected chi connectivity index (χ1v) is 24.3. The van der Waals surface area contributed by atoms with Gasteiger partial charge in [-0.1, -0.05) is 143 Å². The zero-order valence-corrected chi connectivity index (χ0v) is 41.5. The van der Waals surface area contributed by atoms with Crippen molar-refractivity contribution in [1.29, 1.82) is 0 Å². The van der Waals surface area contributed by atoms with E-state index in [9.17, 15) is 0 Å². The van der Waals surface area contributed by atoms with Gasteiger partial charge in [-0.2, -0.15) is 0 Å². The Morgan fingerprint density at radius 2 is 0.924 bits per heavy atom. The maximum atomic E-state index is 6.61. The summed E-state index contributed by atoms with van der Waals surface area (Å²) in [6, 6.07) is 55.0. The predicted octanol–water partition coefficient (Wildman–Crippen LogP) is 18.5. The maximum absolute atomic E-state index is 6.61. The van der Waals surface area contributed by atoms with Crippen LogP contribution in [0.15, 0.2) is 150 Å². The van der Waals surface area contributed by atoms with E-state index in [-0.39, 0.29) is 27.1 Å². The van der Waals surface area contributed by atoms with Gasteiger partial charge in [0.15, 0.2) is 0 Å². The number of nitrogens with zero attached hydrogens (tertiary/aromatic N) is 2. The molecule has 1 aromatic heterocycles. The van der Waals surface area contributed by atoms with E-state index < -0.39 is 0 Å². The number of benzene rings is 7. The van der Waals surface area contributed by atoms with Crippen LogP contribution in [-0.4, -0.2) is 0 Å². The number of hydrogen-bond acceptors (Lipinski definition) is 3. The summed E-state index contributed by atoms with van der Waals surface area (Å²) >= 11 is 0. The molecule has 0 saturated heterocycles. The molecule has 3 heteroatoms. The van der Waals surface area contributed by atoms with Crippen molar-refractivity contribution in [1.82, 2.24) is 0 Å². The van der Waals surface area contributed by atoms with Crippen LogP contribution in [0.1, 0.15) is 135 Å². The lowest BCUT2D eigenvalue weighted by atomic mass is 9.63. The zero-order chi connectivity index (χ0) is 46.6. The average molecular weight is 869 g/mol. The van der Waals surface area contributed by atoms with E-state index in [0.29, 0.717) is 0 Å². The van der Waals surface area contributed by atoms with Crippen molar-refractivity contribution < 1.29 is 4.42 Å². The van der Waals surface area contributed by atoms with Gasteiger partial charge in [0.25, 0.3) is 0 Å². The molecule has 2 aliphatic rings. The molecule has 2 aliphatic carbocycles. The molecule has 0 amide bonds. The topological polar surface area (TPSA) is 19.6 Å². The van der Waals surface area contributed by atoms with Crippen LogP contribution in [-0.2, 0) is 27.1 Å². The second-order valence-corrected chi connectivity index (χ2v) is 23.3. The van der Waals surface area contributed by atoms with Crippen LogP contribution in [0.25, 0.3) is 33.1 Å². The van der Waals surface area contributed by atoms with Gasteiger partial charge in [0.05, 0.1) is 5.69 Å². The van der Waals surface area contributed by atoms with Gasteiger partial charge in [-0.15, -0.1) is 0 Å². The number of fused-ring (bicyclic) bond motifs is 5. The van der Waals surface area contributed by atoms with E-state index >= 15 is 0 Å². The van der Waals surface area contributed by atoms with Crippen LogP contribution in [0.3, 0.4) is 0 Å². The summed E-state index contributed by atoms with van der Waals surface area (Å²) in [5.74, 6) is 0. The van der Waals surface area contributed by atoms with Crippen molar-refractivity contribution in [3.05, 3.63) is 179 Å². The molecule has 0 atom stereocenters. The van der Waals surface area contributed by atoms with Crippen LogP contribution in [0.2, 0.25) is 0 Å². The Morgan fingerprint density at radius 3 is 1.52 bits per heavy atom. The van der Waals surface area contributed by atoms with Gasteiger partial charge >= 0.3 is 0 Å². The first kappa shape index (κ1) is 43.8. The average Bonchev–Trinajstić information content (AvgIpc) is 3.65. The molecule has 0 fully saturated rings. The van der Waals surface area contributed by atoms with Crippen LogP contribution in [0.5, 0.6) is 0 Å². The first-order chi connectivity index (χ1) is 31.2. The van der Waals surface area contributed by atoms with Crippen molar-refractivity contribution in [2.45, 2.75) is 136 Å². The Bertz CT molecular complexity index is 3070. The SMILES string of the molecule is Cc1cc(N(c2ccc3c(c2)C(C)(C)CCC3(C)C)c2ccc3c(c2)C(C)(C)CCC3(C)C)cc(N(c2ccc3c(c2)oc2ccccc23)c2ccc(C(C)(C)C)cc2-c2ccccc2)c1. The third-order valence-electron chi connectivity index (χ3n) is 15.6. The minimum atomic E-state index is -0.0333. The minimum absolute atomic E-state index is 0.0333. The number of para-hydroxylation sites is 1. The van der Waals surface area contributed by atoms with E-state index in [1.54, 1.807) is 0 Å². The number of hydrogen-bond donors (Lipinski definition) is 0. The quantitative estimate of drug-likeness (QED) is 0.159. The molecular formula is C63H68N2O. The third kappa shape index (κ3) is 7.63. The lowest BCUT2D eigenvalue weighted by molar-refractivity contribution is 0.332. The summed E-state index contributed by atoms with van der Waals surface area (Å²) in [4.78, 5) is 5.01. The third-order valence-corrected chi connectivity index (χ3v) is 15.6. The molecule has 0 saturated carbocycles. The summed E-state index contributed by atoms with van der Waals surface area (Å²) in [6.07, 6.45) is 4.69. The Morgan fingerprint density at radius 1 is 0.424 bits per heavy atom. The van der Waals surface area contributed by atoms with Crippen LogP contribution >= 0.6 is 0 Å². The summed E-state index contributed by atoms with van der Waals surface area (Å²) in [5, 5.41) is 2.25. The standard InChI is InChI=1S/C63H68N2O/c1-41-34-47(64(44-24-27-52-54(38-44)62(9,10)32-30-60(52,5)6)45-25-28-53-55(39-45)63(11,12)33-31-61(53,7)8)37-48(35-41)65(46-23-26-50-49-20-16-17-21-57(49)66-58(50)40-46)56-29-22-43(59(2,3)4)36-51(56)42-18-14-13-15-19-42/h13-29,34-40H,30-33H2,1-12H3. The Kier molecular flexibility index (Phi) is 10.3. The van der Waals surface area contributed by atoms with Crippen molar-refractivity contribution in [3.63, 3.8) is 0 Å².